The normalized spacial score (nSPS) is 15.6. The molecule has 1 aliphatic heterocycles. The molecule has 8 heteroatoms. The van der Waals surface area contributed by atoms with E-state index in [0.717, 1.165) is 16.7 Å². The molecule has 0 aromatic heterocycles. The molecule has 8 nitrogen and oxygen atoms in total. The Labute approximate surface area is 209 Å². The first-order valence-electron chi connectivity index (χ1n) is 11.8. The van der Waals surface area contributed by atoms with E-state index in [1.165, 1.54) is 0 Å². The molecule has 1 saturated heterocycles. The molecule has 0 aliphatic carbocycles. The molecule has 0 saturated carbocycles. The van der Waals surface area contributed by atoms with Crippen LogP contribution in [0.2, 0.25) is 0 Å². The highest BCUT2D eigenvalue weighted by Gasteiger charge is 2.30. The van der Waals surface area contributed by atoms with Crippen LogP contribution in [-0.4, -0.2) is 29.8 Å². The number of benzene rings is 3. The van der Waals surface area contributed by atoms with Gasteiger partial charge < -0.3 is 25.8 Å². The summed E-state index contributed by atoms with van der Waals surface area (Å²) in [6.45, 7) is 0.707. The zero-order valence-corrected chi connectivity index (χ0v) is 19.8. The molecular weight excluding hydrogens is 458 g/mol. The lowest BCUT2D eigenvalue weighted by atomic mass is 10.0. The average molecular weight is 488 g/mol. The number of ether oxygens (including phenoxy) is 2. The molecule has 186 valence electrons. The van der Waals surface area contributed by atoms with Crippen LogP contribution in [0.5, 0.6) is 11.5 Å². The highest BCUT2D eigenvalue weighted by molar-refractivity contribution is 5.93. The van der Waals surface area contributed by atoms with Gasteiger partial charge in [0.25, 0.3) is 0 Å². The number of amides is 3. The monoisotopic (exact) mass is 487 g/mol. The summed E-state index contributed by atoms with van der Waals surface area (Å²) in [5.74, 6) is -0.189. The zero-order chi connectivity index (χ0) is 25.3. The van der Waals surface area contributed by atoms with Crippen molar-refractivity contribution >= 4 is 17.7 Å². The summed E-state index contributed by atoms with van der Waals surface area (Å²) in [7, 11) is 0. The van der Waals surface area contributed by atoms with E-state index in [1.807, 2.05) is 66.7 Å². The molecule has 4 N–H and O–H groups in total. The molecule has 3 aromatic carbocycles. The maximum absolute atomic E-state index is 12.5. The van der Waals surface area contributed by atoms with Gasteiger partial charge in [0.05, 0.1) is 0 Å². The van der Waals surface area contributed by atoms with Gasteiger partial charge in [0.1, 0.15) is 25.3 Å². The van der Waals surface area contributed by atoms with Crippen molar-refractivity contribution in [3.05, 3.63) is 95.6 Å². The summed E-state index contributed by atoms with van der Waals surface area (Å²) in [4.78, 5) is 36.1. The van der Waals surface area contributed by atoms with Crippen molar-refractivity contribution in [3.63, 3.8) is 0 Å². The Bertz CT molecular complexity index is 1200. The second-order valence-electron chi connectivity index (χ2n) is 8.66. The Morgan fingerprint density at radius 1 is 0.889 bits per heavy atom. The van der Waals surface area contributed by atoms with Crippen molar-refractivity contribution in [1.29, 1.82) is 0 Å². The number of carbonyl (C=O) groups is 3. The predicted molar refractivity (Wildman–Crippen MR) is 134 cm³/mol. The van der Waals surface area contributed by atoms with E-state index in [2.05, 4.69) is 10.6 Å². The first-order chi connectivity index (χ1) is 17.5. The van der Waals surface area contributed by atoms with Crippen LogP contribution in [0.3, 0.4) is 0 Å². The van der Waals surface area contributed by atoms with Crippen LogP contribution in [0.15, 0.2) is 78.9 Å². The van der Waals surface area contributed by atoms with Crippen molar-refractivity contribution in [3.8, 4) is 11.5 Å². The van der Waals surface area contributed by atoms with Gasteiger partial charge in [-0.15, -0.1) is 0 Å². The molecule has 3 amide bonds. The molecule has 36 heavy (non-hydrogen) atoms. The number of hydrogen-bond donors (Lipinski definition) is 3. The van der Waals surface area contributed by atoms with Crippen LogP contribution in [0, 0.1) is 0 Å². The minimum Gasteiger partial charge on any atom is -0.485 e. The third-order valence-corrected chi connectivity index (χ3v) is 5.89. The number of nitrogens with one attached hydrogen (secondary N) is 2. The topological polar surface area (TPSA) is 120 Å². The second-order valence-corrected chi connectivity index (χ2v) is 8.66. The van der Waals surface area contributed by atoms with Gasteiger partial charge in [-0.1, -0.05) is 66.7 Å². The molecular formula is C28H29N3O5. The lowest BCUT2D eigenvalue weighted by Crippen LogP contribution is -2.51. The molecule has 0 unspecified atom stereocenters. The Balaban J connectivity index is 1.49. The quantitative estimate of drug-likeness (QED) is 0.384. The Morgan fingerprint density at radius 3 is 2.06 bits per heavy atom. The summed E-state index contributed by atoms with van der Waals surface area (Å²) in [5, 5.41) is 5.26. The Morgan fingerprint density at radius 2 is 1.50 bits per heavy atom. The average Bonchev–Trinajstić information content (AvgIpc) is 3.34. The third kappa shape index (κ3) is 6.85. The minimum atomic E-state index is -0.937. The van der Waals surface area contributed by atoms with E-state index >= 15 is 0 Å². The van der Waals surface area contributed by atoms with Gasteiger partial charge in [0.2, 0.25) is 17.7 Å². The highest BCUT2D eigenvalue weighted by atomic mass is 16.5. The number of hydrogen-bond acceptors (Lipinski definition) is 5. The van der Waals surface area contributed by atoms with E-state index in [-0.39, 0.29) is 18.7 Å². The maximum atomic E-state index is 12.5. The fourth-order valence-electron chi connectivity index (χ4n) is 3.92. The highest BCUT2D eigenvalue weighted by Crippen LogP contribution is 2.30. The van der Waals surface area contributed by atoms with Gasteiger partial charge in [-0.05, 0) is 35.2 Å². The van der Waals surface area contributed by atoms with Crippen LogP contribution in [0.4, 0.5) is 0 Å². The summed E-state index contributed by atoms with van der Waals surface area (Å²) in [5.41, 5.74) is 8.33. The molecule has 0 bridgehead atoms. The van der Waals surface area contributed by atoms with Crippen LogP contribution < -0.4 is 25.8 Å². The molecule has 3 aromatic rings. The van der Waals surface area contributed by atoms with Crippen molar-refractivity contribution in [2.75, 3.05) is 0 Å². The van der Waals surface area contributed by atoms with Crippen molar-refractivity contribution in [1.82, 2.24) is 10.6 Å². The fourth-order valence-corrected chi connectivity index (χ4v) is 3.92. The number of rotatable bonds is 11. The van der Waals surface area contributed by atoms with Gasteiger partial charge in [0, 0.05) is 12.8 Å². The first kappa shape index (κ1) is 24.8. The maximum Gasteiger partial charge on any atom is 0.243 e. The van der Waals surface area contributed by atoms with Crippen LogP contribution in [-0.2, 0) is 34.0 Å². The predicted octanol–water partition coefficient (Wildman–Crippen LogP) is 2.64. The van der Waals surface area contributed by atoms with Gasteiger partial charge in [-0.25, -0.2) is 0 Å². The van der Waals surface area contributed by atoms with E-state index in [1.54, 1.807) is 12.1 Å². The van der Waals surface area contributed by atoms with Gasteiger partial charge in [-0.2, -0.15) is 0 Å². The molecule has 4 rings (SSSR count). The number of carbonyl (C=O) groups excluding carboxylic acids is 3. The molecule has 1 heterocycles. The summed E-state index contributed by atoms with van der Waals surface area (Å²) in [6, 6.07) is 23.4. The SMILES string of the molecule is NC(=O)[C@H](Cc1ccc(OCc2ccccc2)c(OCc2ccccc2)c1)NC(=O)[C@H]1CCC(=O)N1. The smallest absolute Gasteiger partial charge is 0.243 e. The first-order valence-corrected chi connectivity index (χ1v) is 11.8. The molecule has 1 fully saturated rings. The number of nitrogens with two attached hydrogens (primary N) is 1. The van der Waals surface area contributed by atoms with E-state index < -0.39 is 23.9 Å². The van der Waals surface area contributed by atoms with E-state index in [4.69, 9.17) is 15.2 Å². The largest absolute Gasteiger partial charge is 0.485 e. The van der Waals surface area contributed by atoms with Crippen molar-refractivity contribution < 1.29 is 23.9 Å². The number of primary amides is 1. The second kappa shape index (κ2) is 11.9. The van der Waals surface area contributed by atoms with Crippen molar-refractivity contribution in [2.45, 2.75) is 44.6 Å². The summed E-state index contributed by atoms with van der Waals surface area (Å²) < 4.78 is 12.1. The van der Waals surface area contributed by atoms with E-state index in [0.29, 0.717) is 31.1 Å². The molecule has 1 aliphatic rings. The van der Waals surface area contributed by atoms with Gasteiger partial charge in [0.15, 0.2) is 11.5 Å². The Hall–Kier alpha value is -4.33. The van der Waals surface area contributed by atoms with Crippen LogP contribution in [0.25, 0.3) is 0 Å². The zero-order valence-electron chi connectivity index (χ0n) is 19.8. The lowest BCUT2D eigenvalue weighted by Gasteiger charge is -2.19. The standard InChI is InChI=1S/C28H29N3O5/c29-27(33)23(31-28(34)22-12-14-26(32)30-22)15-21-11-13-24(35-17-19-7-3-1-4-8-19)25(16-21)36-18-20-9-5-2-6-10-20/h1-11,13,16,22-23H,12,14-15,17-18H2,(H2,29,33)(H,30,32)(H,31,34)/t22-,23+/m1/s1. The lowest BCUT2D eigenvalue weighted by molar-refractivity contribution is -0.129. The van der Waals surface area contributed by atoms with Crippen molar-refractivity contribution in [2.24, 2.45) is 5.73 Å². The third-order valence-electron chi connectivity index (χ3n) is 5.89. The summed E-state index contributed by atoms with van der Waals surface area (Å²) >= 11 is 0. The summed E-state index contributed by atoms with van der Waals surface area (Å²) in [6.07, 6.45) is 0.843. The molecule has 0 spiro atoms. The minimum absolute atomic E-state index is 0.169. The molecule has 2 atom stereocenters. The van der Waals surface area contributed by atoms with Gasteiger partial charge >= 0.3 is 0 Å². The van der Waals surface area contributed by atoms with Crippen LogP contribution >= 0.6 is 0 Å². The Kier molecular flexibility index (Phi) is 8.18. The molecule has 0 radical (unpaired) electrons. The fraction of sp³-hybridized carbons (Fsp3) is 0.250. The van der Waals surface area contributed by atoms with Gasteiger partial charge in [-0.3, -0.25) is 14.4 Å². The van der Waals surface area contributed by atoms with Crippen LogP contribution in [0.1, 0.15) is 29.5 Å². The van der Waals surface area contributed by atoms with E-state index in [9.17, 15) is 14.4 Å².